The monoisotopic (exact) mass is 405 g/mol. The third kappa shape index (κ3) is 5.75. The summed E-state index contributed by atoms with van der Waals surface area (Å²) in [4.78, 5) is 24.3. The summed E-state index contributed by atoms with van der Waals surface area (Å²) in [5.74, 6) is 2.37. The van der Waals surface area contributed by atoms with E-state index in [9.17, 15) is 22.8 Å². The standard InChI is InChI=1S/C21H18F3NO4/c1-2-28-18(26)20(21(22,23)24,14-13-16-9-5-3-6-10-16)25-19(27)29-15-17-11-7-4-8-12-17/h3-12H,2,15H2,1H3,(H,25,27). The van der Waals surface area contributed by atoms with E-state index in [0.29, 0.717) is 5.56 Å². The highest BCUT2D eigenvalue weighted by molar-refractivity contribution is 5.91. The van der Waals surface area contributed by atoms with E-state index in [-0.39, 0.29) is 18.8 Å². The van der Waals surface area contributed by atoms with Gasteiger partial charge in [-0.3, -0.25) is 5.32 Å². The van der Waals surface area contributed by atoms with Crippen molar-refractivity contribution < 1.29 is 32.2 Å². The number of carbonyl (C=O) groups is 2. The van der Waals surface area contributed by atoms with Crippen LogP contribution in [0.5, 0.6) is 0 Å². The van der Waals surface area contributed by atoms with E-state index in [4.69, 9.17) is 4.74 Å². The lowest BCUT2D eigenvalue weighted by Gasteiger charge is -2.29. The number of hydrogen-bond donors (Lipinski definition) is 1. The van der Waals surface area contributed by atoms with Gasteiger partial charge in [0.1, 0.15) is 6.61 Å². The van der Waals surface area contributed by atoms with Crippen molar-refractivity contribution in [1.29, 1.82) is 0 Å². The Bertz CT molecular complexity index is 889. The van der Waals surface area contributed by atoms with Crippen LogP contribution in [0.4, 0.5) is 18.0 Å². The number of alkyl carbamates (subject to hydrolysis) is 1. The summed E-state index contributed by atoms with van der Waals surface area (Å²) in [7, 11) is 0. The van der Waals surface area contributed by atoms with Crippen LogP contribution in [0.25, 0.3) is 0 Å². The molecule has 2 aromatic carbocycles. The molecule has 1 N–H and O–H groups in total. The predicted molar refractivity (Wildman–Crippen MR) is 98.5 cm³/mol. The van der Waals surface area contributed by atoms with Crippen LogP contribution in [0.15, 0.2) is 60.7 Å². The van der Waals surface area contributed by atoms with Crippen molar-refractivity contribution in [2.75, 3.05) is 6.61 Å². The number of hydrogen-bond acceptors (Lipinski definition) is 4. The third-order valence-corrected chi connectivity index (χ3v) is 3.68. The van der Waals surface area contributed by atoms with Crippen molar-refractivity contribution >= 4 is 12.1 Å². The third-order valence-electron chi connectivity index (χ3n) is 3.68. The molecule has 0 bridgehead atoms. The first kappa shape index (κ1) is 21.8. The van der Waals surface area contributed by atoms with Crippen LogP contribution < -0.4 is 5.32 Å². The molecular weight excluding hydrogens is 387 g/mol. The van der Waals surface area contributed by atoms with Crippen molar-refractivity contribution in [1.82, 2.24) is 5.32 Å². The molecular formula is C21H18F3NO4. The fraction of sp³-hybridized carbons (Fsp3) is 0.238. The smallest absolute Gasteiger partial charge is 0.434 e. The Labute approximate surface area is 165 Å². The van der Waals surface area contributed by atoms with Gasteiger partial charge in [-0.25, -0.2) is 9.59 Å². The summed E-state index contributed by atoms with van der Waals surface area (Å²) in [6.07, 6.45) is -6.71. The molecule has 0 aliphatic carbocycles. The number of halogens is 3. The summed E-state index contributed by atoms with van der Waals surface area (Å²) in [6, 6.07) is 16.1. The van der Waals surface area contributed by atoms with Gasteiger partial charge in [0.15, 0.2) is 0 Å². The molecule has 0 aliphatic rings. The quantitative estimate of drug-likeness (QED) is 0.607. The zero-order valence-electron chi connectivity index (χ0n) is 15.5. The van der Waals surface area contributed by atoms with Gasteiger partial charge >= 0.3 is 18.2 Å². The van der Waals surface area contributed by atoms with Crippen molar-refractivity contribution in [2.45, 2.75) is 25.2 Å². The van der Waals surface area contributed by atoms with Gasteiger partial charge in [-0.1, -0.05) is 54.5 Å². The Morgan fingerprint density at radius 1 is 0.966 bits per heavy atom. The average Bonchev–Trinajstić information content (AvgIpc) is 2.70. The first-order valence-corrected chi connectivity index (χ1v) is 8.59. The summed E-state index contributed by atoms with van der Waals surface area (Å²) >= 11 is 0. The summed E-state index contributed by atoms with van der Waals surface area (Å²) in [5.41, 5.74) is -2.79. The van der Waals surface area contributed by atoms with Gasteiger partial charge < -0.3 is 9.47 Å². The highest BCUT2D eigenvalue weighted by atomic mass is 19.4. The molecule has 152 valence electrons. The molecule has 0 saturated heterocycles. The lowest BCUT2D eigenvalue weighted by molar-refractivity contribution is -0.198. The molecule has 2 rings (SSSR count). The topological polar surface area (TPSA) is 64.6 Å². The zero-order chi connectivity index (χ0) is 21.3. The Kier molecular flexibility index (Phi) is 7.26. The number of amides is 1. The van der Waals surface area contributed by atoms with Crippen LogP contribution in [0.2, 0.25) is 0 Å². The zero-order valence-corrected chi connectivity index (χ0v) is 15.5. The van der Waals surface area contributed by atoms with Crippen LogP contribution in [0.1, 0.15) is 18.1 Å². The Hall–Kier alpha value is -3.47. The number of benzene rings is 2. The molecule has 0 radical (unpaired) electrons. The van der Waals surface area contributed by atoms with Gasteiger partial charge in [0.05, 0.1) is 6.61 Å². The Morgan fingerprint density at radius 3 is 2.10 bits per heavy atom. The minimum Gasteiger partial charge on any atom is -0.463 e. The molecule has 8 heteroatoms. The second-order valence-electron chi connectivity index (χ2n) is 5.77. The minimum atomic E-state index is -5.26. The highest BCUT2D eigenvalue weighted by Crippen LogP contribution is 2.32. The fourth-order valence-electron chi connectivity index (χ4n) is 2.23. The second kappa shape index (κ2) is 9.64. The van der Waals surface area contributed by atoms with Gasteiger partial charge in [-0.15, -0.1) is 0 Å². The van der Waals surface area contributed by atoms with E-state index in [2.05, 4.69) is 10.7 Å². The second-order valence-corrected chi connectivity index (χ2v) is 5.77. The van der Waals surface area contributed by atoms with Crippen LogP contribution in [-0.2, 0) is 20.9 Å². The Morgan fingerprint density at radius 2 is 1.55 bits per heavy atom. The van der Waals surface area contributed by atoms with E-state index < -0.39 is 23.8 Å². The van der Waals surface area contributed by atoms with E-state index in [0.717, 1.165) is 0 Å². The molecule has 0 fully saturated rings. The van der Waals surface area contributed by atoms with Crippen LogP contribution in [0, 0.1) is 11.8 Å². The van der Waals surface area contributed by atoms with Crippen molar-refractivity contribution in [2.24, 2.45) is 0 Å². The van der Waals surface area contributed by atoms with Crippen molar-refractivity contribution in [3.05, 3.63) is 71.8 Å². The minimum absolute atomic E-state index is 0.227. The van der Waals surface area contributed by atoms with E-state index >= 15 is 0 Å². The highest BCUT2D eigenvalue weighted by Gasteiger charge is 2.63. The molecule has 0 aliphatic heterocycles. The summed E-state index contributed by atoms with van der Waals surface area (Å²) < 4.78 is 51.1. The van der Waals surface area contributed by atoms with E-state index in [1.807, 2.05) is 5.92 Å². The molecule has 5 nitrogen and oxygen atoms in total. The number of alkyl halides is 3. The SMILES string of the molecule is CCOC(=O)C(C#Cc1ccccc1)(NC(=O)OCc1ccccc1)C(F)(F)F. The summed E-state index contributed by atoms with van der Waals surface area (Å²) in [5, 5.41) is 1.56. The largest absolute Gasteiger partial charge is 0.463 e. The fourth-order valence-corrected chi connectivity index (χ4v) is 2.23. The number of esters is 1. The predicted octanol–water partition coefficient (Wildman–Crippen LogP) is 3.83. The first-order chi connectivity index (χ1) is 13.8. The van der Waals surface area contributed by atoms with Gasteiger partial charge in [-0.05, 0) is 30.5 Å². The van der Waals surface area contributed by atoms with Crippen LogP contribution >= 0.6 is 0 Å². The van der Waals surface area contributed by atoms with Gasteiger partial charge in [0.25, 0.3) is 5.54 Å². The number of carbonyl (C=O) groups excluding carboxylic acids is 2. The molecule has 1 amide bonds. The number of nitrogens with one attached hydrogen (secondary N) is 1. The molecule has 1 unspecified atom stereocenters. The lowest BCUT2D eigenvalue weighted by atomic mass is 9.99. The maximum atomic E-state index is 13.9. The molecule has 2 aromatic rings. The molecule has 0 aromatic heterocycles. The molecule has 0 saturated carbocycles. The molecule has 0 spiro atoms. The van der Waals surface area contributed by atoms with Crippen LogP contribution in [-0.4, -0.2) is 30.4 Å². The Balaban J connectivity index is 2.33. The van der Waals surface area contributed by atoms with E-state index in [1.165, 1.54) is 19.1 Å². The van der Waals surface area contributed by atoms with Crippen LogP contribution in [0.3, 0.4) is 0 Å². The normalized spacial score (nSPS) is 12.7. The maximum Gasteiger partial charge on any atom is 0.434 e. The van der Waals surface area contributed by atoms with Gasteiger partial charge in [0, 0.05) is 5.56 Å². The molecule has 1 atom stereocenters. The molecule has 0 heterocycles. The lowest BCUT2D eigenvalue weighted by Crippen LogP contribution is -2.63. The first-order valence-electron chi connectivity index (χ1n) is 8.59. The van der Waals surface area contributed by atoms with Crippen molar-refractivity contribution in [3.63, 3.8) is 0 Å². The number of ether oxygens (including phenoxy) is 2. The maximum absolute atomic E-state index is 13.9. The average molecular weight is 405 g/mol. The van der Waals surface area contributed by atoms with Crippen molar-refractivity contribution in [3.8, 4) is 11.8 Å². The summed E-state index contributed by atoms with van der Waals surface area (Å²) in [6.45, 7) is 0.733. The van der Waals surface area contributed by atoms with Gasteiger partial charge in [-0.2, -0.15) is 13.2 Å². The van der Waals surface area contributed by atoms with Gasteiger partial charge in [0.2, 0.25) is 0 Å². The number of rotatable bonds is 5. The molecule has 29 heavy (non-hydrogen) atoms. The van der Waals surface area contributed by atoms with E-state index in [1.54, 1.807) is 53.8 Å².